The number of benzene rings is 1. The van der Waals surface area contributed by atoms with Gasteiger partial charge in [-0.15, -0.1) is 11.8 Å². The van der Waals surface area contributed by atoms with Crippen LogP contribution in [0.1, 0.15) is 16.1 Å². The van der Waals surface area contributed by atoms with Crippen LogP contribution in [0.3, 0.4) is 0 Å². The number of rotatable bonds is 7. The SMILES string of the molecule is Cc1cc(=O)c(C(=O)N(CCO)CCSc2ccc(Cl)cc2)c[nH]1. The van der Waals surface area contributed by atoms with Gasteiger partial charge in [-0.2, -0.15) is 0 Å². The van der Waals surface area contributed by atoms with E-state index in [9.17, 15) is 14.7 Å². The first-order valence-electron chi connectivity index (χ1n) is 7.49. The first-order chi connectivity index (χ1) is 11.5. The Morgan fingerprint density at radius 1 is 1.29 bits per heavy atom. The molecule has 0 atom stereocenters. The molecule has 5 nitrogen and oxygen atoms in total. The molecule has 128 valence electrons. The molecule has 0 fully saturated rings. The molecule has 0 aliphatic heterocycles. The maximum Gasteiger partial charge on any atom is 0.259 e. The van der Waals surface area contributed by atoms with E-state index in [-0.39, 0.29) is 30.1 Å². The summed E-state index contributed by atoms with van der Waals surface area (Å²) in [7, 11) is 0. The third-order valence-corrected chi connectivity index (χ3v) is 4.63. The van der Waals surface area contributed by atoms with Gasteiger partial charge in [-0.25, -0.2) is 0 Å². The van der Waals surface area contributed by atoms with E-state index in [1.165, 1.54) is 17.2 Å². The Kier molecular flexibility index (Phi) is 6.90. The van der Waals surface area contributed by atoms with Crippen LogP contribution in [-0.4, -0.2) is 46.3 Å². The van der Waals surface area contributed by atoms with Crippen molar-refractivity contribution in [2.24, 2.45) is 0 Å². The molecule has 1 heterocycles. The van der Waals surface area contributed by atoms with Crippen LogP contribution < -0.4 is 5.43 Å². The number of halogens is 1. The van der Waals surface area contributed by atoms with Gasteiger partial charge in [-0.1, -0.05) is 11.6 Å². The van der Waals surface area contributed by atoms with Gasteiger partial charge in [-0.3, -0.25) is 9.59 Å². The molecule has 1 amide bonds. The van der Waals surface area contributed by atoms with Crippen molar-refractivity contribution in [1.82, 2.24) is 9.88 Å². The maximum atomic E-state index is 12.5. The monoisotopic (exact) mass is 366 g/mol. The number of carbonyl (C=O) groups excluding carboxylic acids is 1. The zero-order valence-corrected chi connectivity index (χ0v) is 14.9. The van der Waals surface area contributed by atoms with E-state index in [0.29, 0.717) is 23.0 Å². The number of hydrogen-bond donors (Lipinski definition) is 2. The third kappa shape index (κ3) is 5.12. The molecule has 0 saturated heterocycles. The molecule has 2 N–H and O–H groups in total. The lowest BCUT2D eigenvalue weighted by molar-refractivity contribution is 0.0732. The van der Waals surface area contributed by atoms with Gasteiger partial charge in [0.05, 0.1) is 6.61 Å². The van der Waals surface area contributed by atoms with Gasteiger partial charge < -0.3 is 15.0 Å². The highest BCUT2D eigenvalue weighted by molar-refractivity contribution is 7.99. The second kappa shape index (κ2) is 8.92. The first-order valence-corrected chi connectivity index (χ1v) is 8.85. The molecule has 1 aromatic carbocycles. The van der Waals surface area contributed by atoms with Crippen LogP contribution in [0.5, 0.6) is 0 Å². The maximum absolute atomic E-state index is 12.5. The van der Waals surface area contributed by atoms with E-state index in [1.807, 2.05) is 24.3 Å². The molecule has 2 rings (SSSR count). The van der Waals surface area contributed by atoms with Crippen molar-refractivity contribution in [3.05, 3.63) is 63.0 Å². The molecule has 0 radical (unpaired) electrons. The Labute approximate surface area is 149 Å². The van der Waals surface area contributed by atoms with Crippen LogP contribution in [0, 0.1) is 6.92 Å². The van der Waals surface area contributed by atoms with Crippen LogP contribution in [0.4, 0.5) is 0 Å². The van der Waals surface area contributed by atoms with Crippen LogP contribution in [-0.2, 0) is 0 Å². The van der Waals surface area contributed by atoms with Gasteiger partial charge >= 0.3 is 0 Å². The number of aliphatic hydroxyl groups is 1. The lowest BCUT2D eigenvalue weighted by Gasteiger charge is -2.21. The summed E-state index contributed by atoms with van der Waals surface area (Å²) in [5, 5.41) is 9.87. The van der Waals surface area contributed by atoms with Crippen LogP contribution in [0.25, 0.3) is 0 Å². The zero-order valence-electron chi connectivity index (χ0n) is 13.3. The summed E-state index contributed by atoms with van der Waals surface area (Å²) in [5.41, 5.74) is 0.471. The highest BCUT2D eigenvalue weighted by atomic mass is 35.5. The van der Waals surface area contributed by atoms with Gasteiger partial charge in [0, 0.05) is 46.7 Å². The largest absolute Gasteiger partial charge is 0.395 e. The molecule has 0 saturated carbocycles. The molecule has 24 heavy (non-hydrogen) atoms. The number of carbonyl (C=O) groups is 1. The minimum absolute atomic E-state index is 0.0885. The molecule has 7 heteroatoms. The Hall–Kier alpha value is -1.76. The van der Waals surface area contributed by atoms with Crippen molar-refractivity contribution >= 4 is 29.3 Å². The highest BCUT2D eigenvalue weighted by Gasteiger charge is 2.18. The van der Waals surface area contributed by atoms with E-state index in [1.54, 1.807) is 18.7 Å². The number of aryl methyl sites for hydroxylation is 1. The predicted molar refractivity (Wildman–Crippen MR) is 97.0 cm³/mol. The molecule has 2 aromatic rings. The predicted octanol–water partition coefficient (Wildman–Crippen LogP) is 2.56. The highest BCUT2D eigenvalue weighted by Crippen LogP contribution is 2.20. The summed E-state index contributed by atoms with van der Waals surface area (Å²) < 4.78 is 0. The first kappa shape index (κ1) is 18.6. The summed E-state index contributed by atoms with van der Waals surface area (Å²) in [5.74, 6) is 0.277. The van der Waals surface area contributed by atoms with E-state index < -0.39 is 0 Å². The van der Waals surface area contributed by atoms with Crippen LogP contribution >= 0.6 is 23.4 Å². The lowest BCUT2D eigenvalue weighted by atomic mass is 10.2. The second-order valence-electron chi connectivity index (χ2n) is 5.21. The Balaban J connectivity index is 2.01. The fourth-order valence-electron chi connectivity index (χ4n) is 2.15. The zero-order chi connectivity index (χ0) is 17.5. The average Bonchev–Trinajstić information content (AvgIpc) is 2.55. The number of aliphatic hydroxyl groups excluding tert-OH is 1. The molecule has 0 unspecified atom stereocenters. The van der Waals surface area contributed by atoms with Crippen molar-refractivity contribution in [2.45, 2.75) is 11.8 Å². The topological polar surface area (TPSA) is 73.4 Å². The summed E-state index contributed by atoms with van der Waals surface area (Å²) in [6, 6.07) is 8.84. The molecule has 1 aromatic heterocycles. The molecule has 0 bridgehead atoms. The van der Waals surface area contributed by atoms with E-state index in [4.69, 9.17) is 11.6 Å². The van der Waals surface area contributed by atoms with Gasteiger partial charge in [0.15, 0.2) is 5.43 Å². The number of H-pyrrole nitrogens is 1. The molecule has 0 aliphatic rings. The number of aromatic amines is 1. The Morgan fingerprint density at radius 2 is 2.00 bits per heavy atom. The number of thioether (sulfide) groups is 1. The minimum Gasteiger partial charge on any atom is -0.395 e. The Morgan fingerprint density at radius 3 is 2.62 bits per heavy atom. The summed E-state index contributed by atoms with van der Waals surface area (Å²) in [6.07, 6.45) is 1.43. The number of hydrogen-bond acceptors (Lipinski definition) is 4. The number of nitrogens with zero attached hydrogens (tertiary/aromatic N) is 1. The van der Waals surface area contributed by atoms with Crippen molar-refractivity contribution < 1.29 is 9.90 Å². The van der Waals surface area contributed by atoms with Crippen LogP contribution in [0.15, 0.2) is 46.2 Å². The number of amides is 1. The summed E-state index contributed by atoms with van der Waals surface area (Å²) >= 11 is 7.43. The number of nitrogens with one attached hydrogen (secondary N) is 1. The van der Waals surface area contributed by atoms with Gasteiger partial charge in [-0.05, 0) is 31.2 Å². The minimum atomic E-state index is -0.373. The standard InChI is InChI=1S/C17H19ClN2O3S/c1-12-10-16(22)15(11-19-12)17(23)20(6-8-21)7-9-24-14-4-2-13(18)3-5-14/h2-5,10-11,21H,6-9H2,1H3,(H,19,22). The number of aromatic nitrogens is 1. The summed E-state index contributed by atoms with van der Waals surface area (Å²) in [6.45, 7) is 2.22. The molecule has 0 aliphatic carbocycles. The van der Waals surface area contributed by atoms with Crippen molar-refractivity contribution in [3.8, 4) is 0 Å². The molecular formula is C17H19ClN2O3S. The third-order valence-electron chi connectivity index (χ3n) is 3.39. The van der Waals surface area contributed by atoms with Crippen LogP contribution in [0.2, 0.25) is 5.02 Å². The Bertz CT molecular complexity index is 746. The average molecular weight is 367 g/mol. The second-order valence-corrected chi connectivity index (χ2v) is 6.82. The summed E-state index contributed by atoms with van der Waals surface area (Å²) in [4.78, 5) is 29.9. The van der Waals surface area contributed by atoms with Crippen molar-refractivity contribution in [1.29, 1.82) is 0 Å². The van der Waals surface area contributed by atoms with Crippen molar-refractivity contribution in [2.75, 3.05) is 25.4 Å². The van der Waals surface area contributed by atoms with E-state index in [2.05, 4.69) is 4.98 Å². The van der Waals surface area contributed by atoms with Gasteiger partial charge in [0.25, 0.3) is 5.91 Å². The normalized spacial score (nSPS) is 10.6. The fourth-order valence-corrected chi connectivity index (χ4v) is 3.15. The molecular weight excluding hydrogens is 348 g/mol. The van der Waals surface area contributed by atoms with Gasteiger partial charge in [0.2, 0.25) is 0 Å². The van der Waals surface area contributed by atoms with E-state index >= 15 is 0 Å². The smallest absolute Gasteiger partial charge is 0.259 e. The van der Waals surface area contributed by atoms with Gasteiger partial charge in [0.1, 0.15) is 5.56 Å². The quantitative estimate of drug-likeness (QED) is 0.738. The van der Waals surface area contributed by atoms with Crippen molar-refractivity contribution in [3.63, 3.8) is 0 Å². The van der Waals surface area contributed by atoms with E-state index in [0.717, 1.165) is 4.90 Å². The fraction of sp³-hybridized carbons (Fsp3) is 0.294. The number of pyridine rings is 1. The lowest BCUT2D eigenvalue weighted by Crippen LogP contribution is -2.37. The molecule has 0 spiro atoms.